The van der Waals surface area contributed by atoms with E-state index in [0.29, 0.717) is 11.4 Å². The summed E-state index contributed by atoms with van der Waals surface area (Å²) in [6.45, 7) is 2.02. The Hall–Kier alpha value is -1.58. The van der Waals surface area contributed by atoms with E-state index in [1.807, 2.05) is 25.1 Å². The molecule has 0 bridgehead atoms. The van der Waals surface area contributed by atoms with Gasteiger partial charge < -0.3 is 10.5 Å². The fraction of sp³-hybridized carbons (Fsp3) is 0.250. The van der Waals surface area contributed by atoms with Gasteiger partial charge in [0, 0.05) is 23.6 Å². The van der Waals surface area contributed by atoms with Crippen molar-refractivity contribution in [1.82, 2.24) is 0 Å². The topological polar surface area (TPSA) is 35.2 Å². The van der Waals surface area contributed by atoms with E-state index in [-0.39, 0.29) is 18.0 Å². The highest BCUT2D eigenvalue weighted by Crippen LogP contribution is 2.41. The second-order valence-corrected chi connectivity index (χ2v) is 5.56. The molecule has 0 radical (unpaired) electrons. The molecule has 2 aromatic rings. The largest absolute Gasteiger partial charge is 0.485 e. The number of aryl methyl sites for hydroxylation is 1. The van der Waals surface area contributed by atoms with E-state index in [1.165, 1.54) is 12.1 Å². The van der Waals surface area contributed by atoms with Crippen LogP contribution in [0.4, 0.5) is 4.39 Å². The Labute approximate surface area is 122 Å². The first-order valence-corrected chi connectivity index (χ1v) is 6.90. The Balaban J connectivity index is 1.97. The molecule has 0 aromatic heterocycles. The summed E-state index contributed by atoms with van der Waals surface area (Å²) in [5.74, 6) is 0.426. The molecule has 0 saturated heterocycles. The minimum atomic E-state index is -0.352. The van der Waals surface area contributed by atoms with Crippen molar-refractivity contribution in [2.24, 2.45) is 5.73 Å². The molecular formula is C16H15ClFNO. The maximum atomic E-state index is 13.1. The minimum absolute atomic E-state index is 0.107. The molecule has 0 spiro atoms. The number of ether oxygens (including phenoxy) is 1. The molecule has 0 aliphatic carbocycles. The predicted octanol–water partition coefficient (Wildman–Crippen LogP) is 4.31. The van der Waals surface area contributed by atoms with Gasteiger partial charge >= 0.3 is 0 Å². The number of rotatable bonds is 1. The van der Waals surface area contributed by atoms with Gasteiger partial charge in [0.2, 0.25) is 0 Å². The van der Waals surface area contributed by atoms with Crippen LogP contribution in [0.15, 0.2) is 36.4 Å². The number of benzene rings is 2. The first-order valence-electron chi connectivity index (χ1n) is 6.52. The average molecular weight is 292 g/mol. The van der Waals surface area contributed by atoms with E-state index in [0.717, 1.165) is 22.4 Å². The molecule has 2 nitrogen and oxygen atoms in total. The second-order valence-electron chi connectivity index (χ2n) is 5.16. The fourth-order valence-electron chi connectivity index (χ4n) is 2.58. The number of fused-ring (bicyclic) bond motifs is 1. The molecule has 0 saturated carbocycles. The summed E-state index contributed by atoms with van der Waals surface area (Å²) in [6.07, 6.45) is 0.384. The van der Waals surface area contributed by atoms with Crippen molar-refractivity contribution in [3.8, 4) is 5.75 Å². The average Bonchev–Trinajstić information content (AvgIpc) is 2.39. The SMILES string of the molecule is Cc1ccc2c(c1)[C@@H](N)CC(c1ccc(F)cc1Cl)O2. The van der Waals surface area contributed by atoms with Crippen molar-refractivity contribution in [3.05, 3.63) is 63.9 Å². The molecule has 2 aromatic carbocycles. The molecule has 0 amide bonds. The predicted molar refractivity (Wildman–Crippen MR) is 77.5 cm³/mol. The van der Waals surface area contributed by atoms with Crippen LogP contribution in [0.1, 0.15) is 35.3 Å². The van der Waals surface area contributed by atoms with Crippen LogP contribution in [0, 0.1) is 12.7 Å². The molecular weight excluding hydrogens is 277 g/mol. The van der Waals surface area contributed by atoms with Crippen LogP contribution >= 0.6 is 11.6 Å². The first-order chi connectivity index (χ1) is 9.54. The lowest BCUT2D eigenvalue weighted by atomic mass is 9.92. The Bertz CT molecular complexity index is 659. The standard InChI is InChI=1S/C16H15ClFNO/c1-9-2-5-15-12(6-9)14(19)8-16(20-15)11-4-3-10(18)7-13(11)17/h2-7,14,16H,8,19H2,1H3/t14-,16?/m0/s1. The van der Waals surface area contributed by atoms with Gasteiger partial charge in [-0.25, -0.2) is 4.39 Å². The Kier molecular flexibility index (Phi) is 3.40. The highest BCUT2D eigenvalue weighted by molar-refractivity contribution is 6.31. The highest BCUT2D eigenvalue weighted by atomic mass is 35.5. The lowest BCUT2D eigenvalue weighted by molar-refractivity contribution is 0.161. The van der Waals surface area contributed by atoms with Gasteiger partial charge in [-0.3, -0.25) is 0 Å². The van der Waals surface area contributed by atoms with Crippen LogP contribution in [0.5, 0.6) is 5.75 Å². The summed E-state index contributed by atoms with van der Waals surface area (Å²) in [5.41, 5.74) is 9.17. The molecule has 104 valence electrons. The second kappa shape index (κ2) is 5.08. The first kappa shape index (κ1) is 13.4. The van der Waals surface area contributed by atoms with Crippen molar-refractivity contribution >= 4 is 11.6 Å². The molecule has 20 heavy (non-hydrogen) atoms. The Morgan fingerprint density at radius 3 is 2.75 bits per heavy atom. The quantitative estimate of drug-likeness (QED) is 0.849. The van der Waals surface area contributed by atoms with Gasteiger partial charge in [0.1, 0.15) is 17.7 Å². The fourth-order valence-corrected chi connectivity index (χ4v) is 2.87. The zero-order valence-electron chi connectivity index (χ0n) is 11.1. The summed E-state index contributed by atoms with van der Waals surface area (Å²) in [4.78, 5) is 0. The van der Waals surface area contributed by atoms with Crippen molar-refractivity contribution < 1.29 is 9.13 Å². The third kappa shape index (κ3) is 2.39. The molecule has 3 rings (SSSR count). The van der Waals surface area contributed by atoms with Crippen LogP contribution < -0.4 is 10.5 Å². The van der Waals surface area contributed by atoms with Crippen LogP contribution in [0.25, 0.3) is 0 Å². The molecule has 2 atom stereocenters. The smallest absolute Gasteiger partial charge is 0.127 e. The van der Waals surface area contributed by atoms with Crippen molar-refractivity contribution in [2.45, 2.75) is 25.5 Å². The van der Waals surface area contributed by atoms with Crippen molar-refractivity contribution in [1.29, 1.82) is 0 Å². The van der Waals surface area contributed by atoms with Gasteiger partial charge in [-0.2, -0.15) is 0 Å². The molecule has 1 heterocycles. The molecule has 1 aliphatic heterocycles. The molecule has 1 unspecified atom stereocenters. The summed E-state index contributed by atoms with van der Waals surface area (Å²) in [7, 11) is 0. The van der Waals surface area contributed by atoms with E-state index in [4.69, 9.17) is 22.1 Å². The maximum Gasteiger partial charge on any atom is 0.127 e. The van der Waals surface area contributed by atoms with Crippen LogP contribution in [0.2, 0.25) is 5.02 Å². The van der Waals surface area contributed by atoms with E-state index in [9.17, 15) is 4.39 Å². The molecule has 0 fully saturated rings. The molecule has 2 N–H and O–H groups in total. The van der Waals surface area contributed by atoms with E-state index >= 15 is 0 Å². The Morgan fingerprint density at radius 2 is 2.00 bits per heavy atom. The number of halogens is 2. The van der Waals surface area contributed by atoms with Gasteiger partial charge in [0.25, 0.3) is 0 Å². The number of hydrogen-bond acceptors (Lipinski definition) is 2. The van der Waals surface area contributed by atoms with Crippen LogP contribution in [-0.2, 0) is 0 Å². The van der Waals surface area contributed by atoms with Gasteiger partial charge in [-0.05, 0) is 25.1 Å². The van der Waals surface area contributed by atoms with Gasteiger partial charge in [-0.1, -0.05) is 35.4 Å². The molecule has 1 aliphatic rings. The van der Waals surface area contributed by atoms with Gasteiger partial charge in [0.15, 0.2) is 0 Å². The van der Waals surface area contributed by atoms with E-state index < -0.39 is 0 Å². The summed E-state index contributed by atoms with van der Waals surface area (Å²) in [5, 5.41) is 0.373. The van der Waals surface area contributed by atoms with E-state index in [2.05, 4.69) is 0 Å². The monoisotopic (exact) mass is 291 g/mol. The zero-order valence-corrected chi connectivity index (χ0v) is 11.8. The normalized spacial score (nSPS) is 21.2. The van der Waals surface area contributed by atoms with Gasteiger partial charge in [-0.15, -0.1) is 0 Å². The van der Waals surface area contributed by atoms with Crippen molar-refractivity contribution in [2.75, 3.05) is 0 Å². The number of nitrogens with two attached hydrogens (primary N) is 1. The van der Waals surface area contributed by atoms with Crippen LogP contribution in [0.3, 0.4) is 0 Å². The minimum Gasteiger partial charge on any atom is -0.485 e. The van der Waals surface area contributed by atoms with Crippen LogP contribution in [-0.4, -0.2) is 0 Å². The summed E-state index contributed by atoms with van der Waals surface area (Å²) < 4.78 is 19.1. The summed E-state index contributed by atoms with van der Waals surface area (Å²) >= 11 is 6.10. The molecule has 4 heteroatoms. The van der Waals surface area contributed by atoms with Gasteiger partial charge in [0.05, 0.1) is 5.02 Å². The van der Waals surface area contributed by atoms with Crippen molar-refractivity contribution in [3.63, 3.8) is 0 Å². The third-order valence-corrected chi connectivity index (χ3v) is 3.94. The highest BCUT2D eigenvalue weighted by Gasteiger charge is 2.28. The third-order valence-electron chi connectivity index (χ3n) is 3.61. The zero-order chi connectivity index (χ0) is 14.3. The van der Waals surface area contributed by atoms with E-state index in [1.54, 1.807) is 6.07 Å². The maximum absolute atomic E-state index is 13.1. The lowest BCUT2D eigenvalue weighted by Crippen LogP contribution is -2.24. The number of hydrogen-bond donors (Lipinski definition) is 1. The lowest BCUT2D eigenvalue weighted by Gasteiger charge is -2.31. The summed E-state index contributed by atoms with van der Waals surface area (Å²) in [6, 6.07) is 10.2. The Morgan fingerprint density at radius 1 is 1.20 bits per heavy atom.